The largest absolute Gasteiger partial charge is 0.493 e. The third-order valence-electron chi connectivity index (χ3n) is 4.56. The first-order valence-corrected chi connectivity index (χ1v) is 10.3. The summed E-state index contributed by atoms with van der Waals surface area (Å²) in [5.41, 5.74) is 3.58. The average molecular weight is 487 g/mol. The number of halogens is 2. The third kappa shape index (κ3) is 5.19. The second kappa shape index (κ2) is 9.81. The number of amides is 1. The van der Waals surface area contributed by atoms with Crippen LogP contribution in [0.25, 0.3) is 0 Å². The molecule has 0 spiro atoms. The molecular weight excluding hydrogens is 471 g/mol. The highest BCUT2D eigenvalue weighted by Crippen LogP contribution is 2.32. The molecule has 168 valence electrons. The predicted octanol–water partition coefficient (Wildman–Crippen LogP) is 4.71. The molecular formula is C23H16Cl2N2O6. The molecule has 4 rings (SSSR count). The van der Waals surface area contributed by atoms with Crippen molar-refractivity contribution in [3.63, 3.8) is 0 Å². The molecule has 1 aliphatic rings. The monoisotopic (exact) mass is 486 g/mol. The van der Waals surface area contributed by atoms with Crippen LogP contribution in [0, 0.1) is 0 Å². The van der Waals surface area contributed by atoms with Crippen LogP contribution in [0.15, 0.2) is 59.7 Å². The number of carbonyl (C=O) groups is 2. The van der Waals surface area contributed by atoms with Crippen molar-refractivity contribution in [3.8, 4) is 23.0 Å². The molecule has 10 heteroatoms. The molecule has 0 atom stereocenters. The number of rotatable bonds is 6. The maximum absolute atomic E-state index is 12.5. The average Bonchev–Trinajstić information content (AvgIpc) is 3.27. The number of hydrazone groups is 1. The van der Waals surface area contributed by atoms with E-state index in [9.17, 15) is 9.59 Å². The molecule has 1 amide bonds. The molecule has 0 unspecified atom stereocenters. The zero-order valence-electron chi connectivity index (χ0n) is 17.1. The van der Waals surface area contributed by atoms with Crippen molar-refractivity contribution in [2.24, 2.45) is 5.10 Å². The van der Waals surface area contributed by atoms with Crippen molar-refractivity contribution in [2.75, 3.05) is 13.9 Å². The molecule has 3 aromatic carbocycles. The zero-order chi connectivity index (χ0) is 23.4. The van der Waals surface area contributed by atoms with Gasteiger partial charge in [-0.15, -0.1) is 0 Å². The van der Waals surface area contributed by atoms with Gasteiger partial charge in [0.05, 0.1) is 23.9 Å². The van der Waals surface area contributed by atoms with Gasteiger partial charge in [-0.3, -0.25) is 4.79 Å². The predicted molar refractivity (Wildman–Crippen MR) is 122 cm³/mol. The topological polar surface area (TPSA) is 95.5 Å². The van der Waals surface area contributed by atoms with Gasteiger partial charge in [0, 0.05) is 10.6 Å². The summed E-state index contributed by atoms with van der Waals surface area (Å²) in [4.78, 5) is 24.7. The fourth-order valence-corrected chi connectivity index (χ4v) is 3.41. The first-order chi connectivity index (χ1) is 15.9. The number of methoxy groups -OCH3 is 1. The highest BCUT2D eigenvalue weighted by molar-refractivity contribution is 6.36. The summed E-state index contributed by atoms with van der Waals surface area (Å²) in [5, 5.41) is 4.54. The fourth-order valence-electron chi connectivity index (χ4n) is 2.93. The number of esters is 1. The number of nitrogens with one attached hydrogen (secondary N) is 1. The van der Waals surface area contributed by atoms with E-state index in [0.717, 1.165) is 0 Å². The van der Waals surface area contributed by atoms with Gasteiger partial charge in [0.2, 0.25) is 6.79 Å². The van der Waals surface area contributed by atoms with E-state index in [1.807, 2.05) is 0 Å². The molecule has 33 heavy (non-hydrogen) atoms. The number of benzene rings is 3. The van der Waals surface area contributed by atoms with Crippen LogP contribution in [0.5, 0.6) is 23.0 Å². The fraction of sp³-hybridized carbons (Fsp3) is 0.0870. The van der Waals surface area contributed by atoms with Crippen molar-refractivity contribution in [1.82, 2.24) is 5.43 Å². The molecule has 0 radical (unpaired) electrons. The van der Waals surface area contributed by atoms with Gasteiger partial charge in [-0.1, -0.05) is 23.2 Å². The van der Waals surface area contributed by atoms with Crippen LogP contribution < -0.4 is 24.4 Å². The molecule has 1 aliphatic heterocycles. The number of ether oxygens (including phenoxy) is 4. The molecule has 1 heterocycles. The Kier molecular flexibility index (Phi) is 6.67. The summed E-state index contributed by atoms with van der Waals surface area (Å²) >= 11 is 11.9. The first-order valence-electron chi connectivity index (χ1n) is 9.53. The molecule has 8 nitrogen and oxygen atoms in total. The van der Waals surface area contributed by atoms with Gasteiger partial charge in [0.1, 0.15) is 0 Å². The Balaban J connectivity index is 1.42. The van der Waals surface area contributed by atoms with Gasteiger partial charge in [-0.2, -0.15) is 5.10 Å². The summed E-state index contributed by atoms with van der Waals surface area (Å²) in [5.74, 6) is 0.492. The highest BCUT2D eigenvalue weighted by Gasteiger charge is 2.17. The van der Waals surface area contributed by atoms with Crippen LogP contribution in [-0.2, 0) is 0 Å². The Morgan fingerprint density at radius 3 is 2.61 bits per heavy atom. The second-order valence-corrected chi connectivity index (χ2v) is 7.53. The van der Waals surface area contributed by atoms with Crippen LogP contribution in [0.1, 0.15) is 26.3 Å². The number of hydrogen-bond donors (Lipinski definition) is 1. The van der Waals surface area contributed by atoms with Crippen molar-refractivity contribution in [3.05, 3.63) is 81.3 Å². The smallest absolute Gasteiger partial charge is 0.345 e. The number of carbonyl (C=O) groups excluding carboxylic acids is 2. The van der Waals surface area contributed by atoms with Gasteiger partial charge in [-0.25, -0.2) is 10.2 Å². The Hall–Kier alpha value is -3.75. The van der Waals surface area contributed by atoms with E-state index in [2.05, 4.69) is 10.5 Å². The number of hydrogen-bond acceptors (Lipinski definition) is 7. The standard InChI is InChI=1S/C23H16Cl2N2O6/c1-30-20-8-13(2-6-19(20)33-23(29)16-5-4-15(24)10-17(16)25)11-26-27-22(28)14-3-7-18-21(9-14)32-12-31-18/h2-11H,12H2,1H3,(H,27,28)/b26-11-. The van der Waals surface area contributed by atoms with Gasteiger partial charge >= 0.3 is 5.97 Å². The summed E-state index contributed by atoms with van der Waals surface area (Å²) < 4.78 is 21.2. The summed E-state index contributed by atoms with van der Waals surface area (Å²) in [6, 6.07) is 14.1. The summed E-state index contributed by atoms with van der Waals surface area (Å²) in [6.45, 7) is 0.123. The van der Waals surface area contributed by atoms with E-state index in [4.69, 9.17) is 42.1 Å². The molecule has 0 fully saturated rings. The van der Waals surface area contributed by atoms with E-state index in [0.29, 0.717) is 33.4 Å². The minimum atomic E-state index is -0.660. The van der Waals surface area contributed by atoms with Crippen LogP contribution in [0.4, 0.5) is 0 Å². The molecule has 3 aromatic rings. The second-order valence-electron chi connectivity index (χ2n) is 6.69. The van der Waals surface area contributed by atoms with Crippen LogP contribution in [0.3, 0.4) is 0 Å². The van der Waals surface area contributed by atoms with Gasteiger partial charge in [-0.05, 0) is 60.2 Å². The molecule has 1 N–H and O–H groups in total. The minimum absolute atomic E-state index is 0.123. The number of fused-ring (bicyclic) bond motifs is 1. The Morgan fingerprint density at radius 2 is 1.82 bits per heavy atom. The molecule has 0 bridgehead atoms. The van der Waals surface area contributed by atoms with Crippen molar-refractivity contribution >= 4 is 41.3 Å². The minimum Gasteiger partial charge on any atom is -0.493 e. The van der Waals surface area contributed by atoms with Crippen molar-refractivity contribution in [2.45, 2.75) is 0 Å². The summed E-state index contributed by atoms with van der Waals surface area (Å²) in [6.07, 6.45) is 1.43. The normalized spacial score (nSPS) is 12.0. The maximum atomic E-state index is 12.5. The van der Waals surface area contributed by atoms with Gasteiger partial charge < -0.3 is 18.9 Å². The van der Waals surface area contributed by atoms with E-state index in [1.165, 1.54) is 25.5 Å². The lowest BCUT2D eigenvalue weighted by molar-refractivity contribution is 0.0729. The highest BCUT2D eigenvalue weighted by atomic mass is 35.5. The lowest BCUT2D eigenvalue weighted by Gasteiger charge is -2.10. The van der Waals surface area contributed by atoms with Gasteiger partial charge in [0.25, 0.3) is 5.91 Å². The number of nitrogens with zero attached hydrogens (tertiary/aromatic N) is 1. The van der Waals surface area contributed by atoms with E-state index < -0.39 is 11.9 Å². The van der Waals surface area contributed by atoms with Gasteiger partial charge in [0.15, 0.2) is 23.0 Å². The molecule has 0 aliphatic carbocycles. The Bertz CT molecular complexity index is 1260. The van der Waals surface area contributed by atoms with Crippen molar-refractivity contribution < 1.29 is 28.5 Å². The molecule has 0 aromatic heterocycles. The lowest BCUT2D eigenvalue weighted by atomic mass is 10.2. The van der Waals surface area contributed by atoms with E-state index >= 15 is 0 Å². The molecule has 0 saturated carbocycles. The first kappa shape index (κ1) is 22.4. The lowest BCUT2D eigenvalue weighted by Crippen LogP contribution is -2.17. The van der Waals surface area contributed by atoms with Crippen LogP contribution in [0.2, 0.25) is 10.0 Å². The maximum Gasteiger partial charge on any atom is 0.345 e. The van der Waals surface area contributed by atoms with Crippen molar-refractivity contribution in [1.29, 1.82) is 0 Å². The van der Waals surface area contributed by atoms with E-state index in [1.54, 1.807) is 42.5 Å². The SMILES string of the molecule is COc1cc(/C=N\NC(=O)c2ccc3c(c2)OCO3)ccc1OC(=O)c1ccc(Cl)cc1Cl. The zero-order valence-corrected chi connectivity index (χ0v) is 18.6. The van der Waals surface area contributed by atoms with Crippen LogP contribution >= 0.6 is 23.2 Å². The van der Waals surface area contributed by atoms with E-state index in [-0.39, 0.29) is 23.1 Å². The molecule has 0 saturated heterocycles. The Morgan fingerprint density at radius 1 is 1.00 bits per heavy atom. The summed E-state index contributed by atoms with van der Waals surface area (Å²) in [7, 11) is 1.43. The Labute approximate surface area is 198 Å². The quantitative estimate of drug-likeness (QED) is 0.234. The van der Waals surface area contributed by atoms with Crippen LogP contribution in [-0.4, -0.2) is 32.0 Å². The third-order valence-corrected chi connectivity index (χ3v) is 5.10.